The molecule has 2 aliphatic rings. The molecule has 2 aliphatic carbocycles. The first-order chi connectivity index (χ1) is 13.9. The molecule has 0 amide bonds. The molecule has 0 radical (unpaired) electrons. The molecular formula is C17H15ClF3N7S. The zero-order chi connectivity index (χ0) is 20.2. The molecule has 29 heavy (non-hydrogen) atoms. The Kier molecular flexibility index (Phi) is 4.54. The summed E-state index contributed by atoms with van der Waals surface area (Å²) < 4.78 is 43.7. The highest BCUT2D eigenvalue weighted by molar-refractivity contribution is 7.98. The molecule has 0 bridgehead atoms. The summed E-state index contributed by atoms with van der Waals surface area (Å²) in [5.74, 6) is 2.06. The monoisotopic (exact) mass is 441 g/mol. The number of rotatable bonds is 6. The van der Waals surface area contributed by atoms with Gasteiger partial charge in [-0.25, -0.2) is 0 Å². The summed E-state index contributed by atoms with van der Waals surface area (Å²) in [5, 5.41) is 20.7. The zero-order valence-corrected chi connectivity index (χ0v) is 16.5. The molecule has 0 spiro atoms. The van der Waals surface area contributed by atoms with E-state index in [0.29, 0.717) is 17.8 Å². The quantitative estimate of drug-likeness (QED) is 0.527. The highest BCUT2D eigenvalue weighted by Crippen LogP contribution is 2.46. The van der Waals surface area contributed by atoms with Crippen LogP contribution < -0.4 is 0 Å². The van der Waals surface area contributed by atoms with Crippen LogP contribution in [0.2, 0.25) is 5.02 Å². The van der Waals surface area contributed by atoms with Crippen molar-refractivity contribution in [2.75, 3.05) is 0 Å². The molecule has 1 aromatic carbocycles. The predicted molar refractivity (Wildman–Crippen MR) is 99.0 cm³/mol. The fraction of sp³-hybridized carbons (Fsp3) is 0.471. The Hall–Kier alpha value is -2.14. The third-order valence-electron chi connectivity index (χ3n) is 4.90. The van der Waals surface area contributed by atoms with Gasteiger partial charge in [0.15, 0.2) is 11.0 Å². The molecule has 2 fully saturated rings. The van der Waals surface area contributed by atoms with Crippen molar-refractivity contribution < 1.29 is 13.2 Å². The van der Waals surface area contributed by atoms with Gasteiger partial charge in [-0.15, -0.1) is 15.3 Å². The van der Waals surface area contributed by atoms with Crippen LogP contribution in [0.3, 0.4) is 0 Å². The molecule has 152 valence electrons. The van der Waals surface area contributed by atoms with E-state index in [2.05, 4.69) is 30.3 Å². The first kappa shape index (κ1) is 18.9. The number of halogens is 4. The molecule has 0 N–H and O–H groups in total. The highest BCUT2D eigenvalue weighted by Gasteiger charge is 2.37. The lowest BCUT2D eigenvalue weighted by Crippen LogP contribution is -2.13. The largest absolute Gasteiger partial charge is 0.418 e. The number of thioether (sulfide) groups is 1. The molecule has 0 atom stereocenters. The fourth-order valence-electron chi connectivity index (χ4n) is 3.21. The molecule has 2 saturated carbocycles. The van der Waals surface area contributed by atoms with E-state index in [0.717, 1.165) is 47.4 Å². The normalized spacial score (nSPS) is 17.1. The minimum absolute atomic E-state index is 0.00443. The van der Waals surface area contributed by atoms with Gasteiger partial charge in [-0.2, -0.15) is 17.9 Å². The van der Waals surface area contributed by atoms with Gasteiger partial charge in [0.25, 0.3) is 0 Å². The van der Waals surface area contributed by atoms with Gasteiger partial charge in [-0.3, -0.25) is 0 Å². The summed E-state index contributed by atoms with van der Waals surface area (Å²) in [6, 6.07) is 3.96. The smallest absolute Gasteiger partial charge is 0.303 e. The van der Waals surface area contributed by atoms with Gasteiger partial charge in [0, 0.05) is 17.0 Å². The van der Waals surface area contributed by atoms with Crippen LogP contribution in [0.1, 0.15) is 54.9 Å². The lowest BCUT2D eigenvalue weighted by Gasteiger charge is -2.14. The summed E-state index contributed by atoms with van der Waals surface area (Å²) in [5.41, 5.74) is -1.05. The van der Waals surface area contributed by atoms with Crippen LogP contribution in [0, 0.1) is 0 Å². The van der Waals surface area contributed by atoms with E-state index >= 15 is 0 Å². The van der Waals surface area contributed by atoms with Crippen molar-refractivity contribution in [3.05, 3.63) is 40.4 Å². The van der Waals surface area contributed by atoms with Crippen molar-refractivity contribution in [3.63, 3.8) is 0 Å². The van der Waals surface area contributed by atoms with Crippen molar-refractivity contribution in [3.8, 4) is 5.69 Å². The Bertz CT molecular complexity index is 1060. The van der Waals surface area contributed by atoms with Crippen LogP contribution >= 0.6 is 23.4 Å². The van der Waals surface area contributed by atoms with Gasteiger partial charge in [0.1, 0.15) is 5.82 Å². The number of nitrogens with zero attached hydrogens (tertiary/aromatic N) is 7. The average molecular weight is 442 g/mol. The Morgan fingerprint density at radius 3 is 2.59 bits per heavy atom. The zero-order valence-electron chi connectivity index (χ0n) is 15.0. The maximum Gasteiger partial charge on any atom is 0.418 e. The van der Waals surface area contributed by atoms with E-state index in [1.54, 1.807) is 0 Å². The molecule has 3 aromatic rings. The van der Waals surface area contributed by atoms with Gasteiger partial charge >= 0.3 is 6.18 Å². The van der Waals surface area contributed by atoms with E-state index < -0.39 is 11.7 Å². The fourth-order valence-corrected chi connectivity index (χ4v) is 4.31. The van der Waals surface area contributed by atoms with Crippen molar-refractivity contribution in [1.29, 1.82) is 0 Å². The van der Waals surface area contributed by atoms with Crippen molar-refractivity contribution >= 4 is 23.4 Å². The van der Waals surface area contributed by atoms with E-state index in [-0.39, 0.29) is 16.5 Å². The molecule has 7 nitrogen and oxygen atoms in total. The number of aromatic nitrogens is 7. The van der Waals surface area contributed by atoms with Gasteiger partial charge in [-0.1, -0.05) is 23.4 Å². The second kappa shape index (κ2) is 6.98. The Labute approximate surface area is 172 Å². The second-order valence-electron chi connectivity index (χ2n) is 7.17. The highest BCUT2D eigenvalue weighted by atomic mass is 35.5. The second-order valence-corrected chi connectivity index (χ2v) is 8.55. The first-order valence-electron chi connectivity index (χ1n) is 9.14. The molecule has 0 aliphatic heterocycles. The molecule has 2 aromatic heterocycles. The number of alkyl halides is 3. The third kappa shape index (κ3) is 3.73. The topological polar surface area (TPSA) is 74.3 Å². The van der Waals surface area contributed by atoms with Crippen LogP contribution in [-0.2, 0) is 11.9 Å². The maximum absolute atomic E-state index is 13.5. The van der Waals surface area contributed by atoms with Crippen molar-refractivity contribution in [2.24, 2.45) is 0 Å². The molecule has 12 heteroatoms. The van der Waals surface area contributed by atoms with Crippen molar-refractivity contribution in [1.82, 2.24) is 35.0 Å². The number of hydrogen-bond donors (Lipinski definition) is 0. The van der Waals surface area contributed by atoms with Crippen LogP contribution in [0.25, 0.3) is 5.69 Å². The van der Waals surface area contributed by atoms with E-state index in [9.17, 15) is 13.2 Å². The minimum Gasteiger partial charge on any atom is -0.303 e. The average Bonchev–Trinajstić information content (AvgIpc) is 3.60. The Balaban J connectivity index is 1.43. The lowest BCUT2D eigenvalue weighted by atomic mass is 10.1. The van der Waals surface area contributed by atoms with Crippen LogP contribution in [0.4, 0.5) is 13.2 Å². The Morgan fingerprint density at radius 1 is 1.10 bits per heavy atom. The minimum atomic E-state index is -4.58. The molecule has 2 heterocycles. The van der Waals surface area contributed by atoms with Crippen molar-refractivity contribution in [2.45, 2.75) is 54.7 Å². The molecule has 5 rings (SSSR count). The van der Waals surface area contributed by atoms with Crippen LogP contribution in [-0.4, -0.2) is 35.0 Å². The van der Waals surface area contributed by atoms with Gasteiger partial charge in [0.2, 0.25) is 0 Å². The standard InChI is InChI=1S/C17H15ClF3N7S/c18-10-3-6-13(12(7-10)17(19,20)21)28-14(22-25-26-28)8-29-16-24-23-15(9-1-2-9)27(16)11-4-5-11/h3,6-7,9,11H,1-2,4-5,8H2. The molecule has 0 unspecified atom stereocenters. The van der Waals surface area contributed by atoms with E-state index in [4.69, 9.17) is 11.6 Å². The maximum atomic E-state index is 13.5. The van der Waals surface area contributed by atoms with E-state index in [1.165, 1.54) is 23.9 Å². The Morgan fingerprint density at radius 2 is 1.90 bits per heavy atom. The summed E-state index contributed by atoms with van der Waals surface area (Å²) in [6.07, 6.45) is -0.122. The number of benzene rings is 1. The van der Waals surface area contributed by atoms with Gasteiger partial charge in [-0.05, 0) is 54.3 Å². The van der Waals surface area contributed by atoms with E-state index in [1.807, 2.05) is 0 Å². The number of tetrazole rings is 1. The van der Waals surface area contributed by atoms with Crippen LogP contribution in [0.5, 0.6) is 0 Å². The summed E-state index contributed by atoms with van der Waals surface area (Å²) in [7, 11) is 0. The molecule has 0 saturated heterocycles. The molecular weight excluding hydrogens is 427 g/mol. The lowest BCUT2D eigenvalue weighted by molar-refractivity contribution is -0.137. The van der Waals surface area contributed by atoms with Crippen LogP contribution in [0.15, 0.2) is 23.4 Å². The summed E-state index contributed by atoms with van der Waals surface area (Å²) in [6.45, 7) is 0. The summed E-state index contributed by atoms with van der Waals surface area (Å²) >= 11 is 7.15. The summed E-state index contributed by atoms with van der Waals surface area (Å²) in [4.78, 5) is 0. The predicted octanol–water partition coefficient (Wildman–Crippen LogP) is 4.43. The number of hydrogen-bond acceptors (Lipinski definition) is 6. The third-order valence-corrected chi connectivity index (χ3v) is 6.08. The van der Waals surface area contributed by atoms with Gasteiger partial charge in [0.05, 0.1) is 17.0 Å². The van der Waals surface area contributed by atoms with Gasteiger partial charge < -0.3 is 4.57 Å². The SMILES string of the molecule is FC(F)(F)c1cc(Cl)ccc1-n1nnnc1CSc1nnc(C2CC2)n1C1CC1. The first-order valence-corrected chi connectivity index (χ1v) is 10.5.